The van der Waals surface area contributed by atoms with Crippen LogP contribution in [-0.4, -0.2) is 72.0 Å². The third kappa shape index (κ3) is 7.34. The van der Waals surface area contributed by atoms with Crippen molar-refractivity contribution in [2.45, 2.75) is 39.7 Å². The predicted octanol–water partition coefficient (Wildman–Crippen LogP) is 4.59. The summed E-state index contributed by atoms with van der Waals surface area (Å²) in [7, 11) is 0. The molecule has 4 rings (SSSR count). The summed E-state index contributed by atoms with van der Waals surface area (Å²) in [4.78, 5) is 14.5. The van der Waals surface area contributed by atoms with Gasteiger partial charge in [0.25, 0.3) is 0 Å². The van der Waals surface area contributed by atoms with E-state index in [1.165, 1.54) is 6.07 Å². The molecular weight excluding hydrogens is 467 g/mol. The molecular formula is C30H39FN4O2. The topological polar surface area (TPSA) is 61.7 Å². The Morgan fingerprint density at radius 3 is 2.32 bits per heavy atom. The van der Waals surface area contributed by atoms with Gasteiger partial charge in [-0.1, -0.05) is 69.3 Å². The number of nitrogens with zero attached hydrogens (tertiary/aromatic N) is 4. The second-order valence-corrected chi connectivity index (χ2v) is 10.2. The molecule has 1 aromatic heterocycles. The lowest BCUT2D eigenvalue weighted by Crippen LogP contribution is -2.49. The Morgan fingerprint density at radius 2 is 1.65 bits per heavy atom. The zero-order chi connectivity index (χ0) is 26.2. The lowest BCUT2D eigenvalue weighted by atomic mass is 10.0. The van der Waals surface area contributed by atoms with Crippen LogP contribution in [0.25, 0.3) is 11.4 Å². The molecule has 1 atom stereocenters. The summed E-state index contributed by atoms with van der Waals surface area (Å²) in [5, 5.41) is 10.4. The molecule has 37 heavy (non-hydrogen) atoms. The Hall–Kier alpha value is -2.87. The number of aliphatic hydroxyl groups is 1. The molecule has 0 aliphatic carbocycles. The van der Waals surface area contributed by atoms with E-state index < -0.39 is 6.10 Å². The second-order valence-electron chi connectivity index (χ2n) is 10.2. The third-order valence-corrected chi connectivity index (χ3v) is 6.67. The Morgan fingerprint density at radius 1 is 0.946 bits per heavy atom. The Bertz CT molecular complexity index is 1130. The van der Waals surface area contributed by atoms with Crippen LogP contribution < -0.4 is 4.90 Å². The standard InChI is InChI=1S/C30H39FN4O2/c1-4-28-26(18-24-12-8-9-13-27(24)31)30(33-29(32-28)23-10-6-5-7-11-23)35-16-14-34(15-17-35)19-25(36)21-37-20-22(2)3/h5-13,22,25,36H,4,14-21H2,1-3H3/t25-/m1/s1. The van der Waals surface area contributed by atoms with Crippen LogP contribution in [0.15, 0.2) is 54.6 Å². The van der Waals surface area contributed by atoms with Crippen molar-refractivity contribution in [3.05, 3.63) is 77.2 Å². The van der Waals surface area contributed by atoms with Crippen molar-refractivity contribution < 1.29 is 14.2 Å². The van der Waals surface area contributed by atoms with E-state index in [9.17, 15) is 9.50 Å². The van der Waals surface area contributed by atoms with Gasteiger partial charge < -0.3 is 14.7 Å². The third-order valence-electron chi connectivity index (χ3n) is 6.67. The minimum Gasteiger partial charge on any atom is -0.389 e. The van der Waals surface area contributed by atoms with Crippen molar-refractivity contribution in [2.75, 3.05) is 50.8 Å². The fourth-order valence-electron chi connectivity index (χ4n) is 4.73. The molecule has 1 N–H and O–H groups in total. The summed E-state index contributed by atoms with van der Waals surface area (Å²) < 4.78 is 20.3. The van der Waals surface area contributed by atoms with Crippen molar-refractivity contribution >= 4 is 5.82 Å². The van der Waals surface area contributed by atoms with Gasteiger partial charge in [0, 0.05) is 62.6 Å². The second kappa shape index (κ2) is 13.1. The van der Waals surface area contributed by atoms with Crippen molar-refractivity contribution in [1.82, 2.24) is 14.9 Å². The zero-order valence-electron chi connectivity index (χ0n) is 22.2. The van der Waals surface area contributed by atoms with Gasteiger partial charge in [-0.25, -0.2) is 14.4 Å². The van der Waals surface area contributed by atoms with Crippen molar-refractivity contribution in [3.63, 3.8) is 0 Å². The number of hydrogen-bond acceptors (Lipinski definition) is 6. The largest absolute Gasteiger partial charge is 0.389 e. The molecule has 1 aliphatic rings. The number of β-amino-alcohol motifs (C(OH)–C–C–N with tert-alkyl or cyclic N) is 1. The molecule has 2 heterocycles. The molecule has 0 radical (unpaired) electrons. The van der Waals surface area contributed by atoms with Crippen molar-refractivity contribution in [3.8, 4) is 11.4 Å². The molecule has 0 bridgehead atoms. The van der Waals surface area contributed by atoms with E-state index in [0.717, 1.165) is 55.2 Å². The van der Waals surface area contributed by atoms with Crippen LogP contribution in [0.5, 0.6) is 0 Å². The highest BCUT2D eigenvalue weighted by molar-refractivity contribution is 5.61. The van der Waals surface area contributed by atoms with E-state index in [1.54, 1.807) is 6.07 Å². The molecule has 6 nitrogen and oxygen atoms in total. The first kappa shape index (κ1) is 27.2. The highest BCUT2D eigenvalue weighted by atomic mass is 19.1. The summed E-state index contributed by atoms with van der Waals surface area (Å²) in [6, 6.07) is 17.0. The summed E-state index contributed by atoms with van der Waals surface area (Å²) >= 11 is 0. The quantitative estimate of drug-likeness (QED) is 0.411. The van der Waals surface area contributed by atoms with Crippen LogP contribution in [0.4, 0.5) is 10.2 Å². The number of aliphatic hydroxyl groups excluding tert-OH is 1. The molecule has 3 aromatic rings. The molecule has 7 heteroatoms. The van der Waals surface area contributed by atoms with Crippen LogP contribution in [0.3, 0.4) is 0 Å². The maximum atomic E-state index is 14.6. The maximum absolute atomic E-state index is 14.6. The van der Waals surface area contributed by atoms with E-state index in [4.69, 9.17) is 14.7 Å². The van der Waals surface area contributed by atoms with Gasteiger partial charge in [-0.3, -0.25) is 4.90 Å². The van der Waals surface area contributed by atoms with Gasteiger partial charge in [-0.2, -0.15) is 0 Å². The van der Waals surface area contributed by atoms with Crippen LogP contribution in [0.1, 0.15) is 37.6 Å². The lowest BCUT2D eigenvalue weighted by molar-refractivity contribution is 0.00745. The number of benzene rings is 2. The fraction of sp³-hybridized carbons (Fsp3) is 0.467. The molecule has 0 spiro atoms. The Labute approximate surface area is 220 Å². The molecule has 1 saturated heterocycles. The first-order valence-electron chi connectivity index (χ1n) is 13.4. The molecule has 0 unspecified atom stereocenters. The van der Waals surface area contributed by atoms with Gasteiger partial charge >= 0.3 is 0 Å². The van der Waals surface area contributed by atoms with Gasteiger partial charge in [0.05, 0.1) is 12.7 Å². The molecule has 0 amide bonds. The molecule has 1 fully saturated rings. The summed E-state index contributed by atoms with van der Waals surface area (Å²) in [5.41, 5.74) is 3.56. The first-order chi connectivity index (χ1) is 17.9. The van der Waals surface area contributed by atoms with Crippen molar-refractivity contribution in [2.24, 2.45) is 5.92 Å². The Balaban J connectivity index is 1.56. The minimum atomic E-state index is -0.502. The van der Waals surface area contributed by atoms with Crippen LogP contribution >= 0.6 is 0 Å². The maximum Gasteiger partial charge on any atom is 0.161 e. The monoisotopic (exact) mass is 506 g/mol. The molecule has 1 aliphatic heterocycles. The predicted molar refractivity (Wildman–Crippen MR) is 146 cm³/mol. The van der Waals surface area contributed by atoms with Gasteiger partial charge in [-0.05, 0) is 24.0 Å². The average molecular weight is 507 g/mol. The molecule has 0 saturated carbocycles. The highest BCUT2D eigenvalue weighted by Crippen LogP contribution is 2.29. The zero-order valence-corrected chi connectivity index (χ0v) is 22.2. The fourth-order valence-corrected chi connectivity index (χ4v) is 4.73. The van der Waals surface area contributed by atoms with E-state index in [1.807, 2.05) is 42.5 Å². The minimum absolute atomic E-state index is 0.207. The molecule has 2 aromatic carbocycles. The van der Waals surface area contributed by atoms with Crippen LogP contribution in [-0.2, 0) is 17.6 Å². The number of ether oxygens (including phenoxy) is 1. The van der Waals surface area contributed by atoms with Gasteiger partial charge in [-0.15, -0.1) is 0 Å². The van der Waals surface area contributed by atoms with Gasteiger partial charge in [0.2, 0.25) is 0 Å². The number of rotatable bonds is 11. The van der Waals surface area contributed by atoms with Gasteiger partial charge in [0.15, 0.2) is 5.82 Å². The number of aromatic nitrogens is 2. The normalized spacial score (nSPS) is 15.4. The van der Waals surface area contributed by atoms with E-state index in [0.29, 0.717) is 43.5 Å². The average Bonchev–Trinajstić information content (AvgIpc) is 2.90. The van der Waals surface area contributed by atoms with E-state index in [-0.39, 0.29) is 5.82 Å². The smallest absolute Gasteiger partial charge is 0.161 e. The number of hydrogen-bond donors (Lipinski definition) is 1. The SMILES string of the molecule is CCc1nc(-c2ccccc2)nc(N2CCN(C[C@@H](O)COCC(C)C)CC2)c1Cc1ccccc1F. The number of halogens is 1. The highest BCUT2D eigenvalue weighted by Gasteiger charge is 2.25. The summed E-state index contributed by atoms with van der Waals surface area (Å²) in [6.07, 6.45) is 0.686. The summed E-state index contributed by atoms with van der Waals surface area (Å²) in [6.45, 7) is 11.1. The first-order valence-corrected chi connectivity index (χ1v) is 13.4. The Kier molecular flexibility index (Phi) is 9.61. The van der Waals surface area contributed by atoms with Crippen LogP contribution in [0, 0.1) is 11.7 Å². The lowest BCUT2D eigenvalue weighted by Gasteiger charge is -2.37. The summed E-state index contributed by atoms with van der Waals surface area (Å²) in [5.74, 6) is 1.83. The van der Waals surface area contributed by atoms with Crippen molar-refractivity contribution in [1.29, 1.82) is 0 Å². The van der Waals surface area contributed by atoms with Gasteiger partial charge in [0.1, 0.15) is 11.6 Å². The number of aryl methyl sites for hydroxylation is 1. The number of piperazine rings is 1. The van der Waals surface area contributed by atoms with Crippen LogP contribution in [0.2, 0.25) is 0 Å². The number of anilines is 1. The molecule has 198 valence electrons. The van der Waals surface area contributed by atoms with E-state index >= 15 is 0 Å². The van der Waals surface area contributed by atoms with E-state index in [2.05, 4.69) is 30.6 Å².